The molecule has 1 aromatic carbocycles. The lowest BCUT2D eigenvalue weighted by Crippen LogP contribution is -2.04. The second-order valence-corrected chi connectivity index (χ2v) is 3.42. The molecule has 1 rings (SSSR count). The molecule has 0 fully saturated rings. The van der Waals surface area contributed by atoms with Gasteiger partial charge in [-0.15, -0.1) is 0 Å². The normalized spacial score (nSPS) is 9.27. The maximum atomic E-state index is 11.2. The molecule has 0 heterocycles. The van der Waals surface area contributed by atoms with E-state index in [0.717, 1.165) is 11.1 Å². The number of carbonyl (C=O) groups is 1. The van der Waals surface area contributed by atoms with Crippen LogP contribution in [0.3, 0.4) is 0 Å². The largest absolute Gasteiger partial charge is 0.309 e. The molecule has 0 radical (unpaired) electrons. The Bertz CT molecular complexity index is 424. The van der Waals surface area contributed by atoms with Crippen molar-refractivity contribution in [1.29, 1.82) is 0 Å². The Morgan fingerprint density at radius 3 is 2.80 bits per heavy atom. The summed E-state index contributed by atoms with van der Waals surface area (Å²) in [5.41, 5.74) is 2.75. The predicted octanol–water partition coefficient (Wildman–Crippen LogP) is 1.77. The van der Waals surface area contributed by atoms with Crippen LogP contribution >= 0.6 is 0 Å². The third kappa shape index (κ3) is 3.23. The van der Waals surface area contributed by atoms with Gasteiger partial charge in [-0.3, -0.25) is 4.79 Å². The van der Waals surface area contributed by atoms with Crippen LogP contribution in [0.4, 0.5) is 0 Å². The molecular formula is C13H15NO. The predicted molar refractivity (Wildman–Crippen MR) is 62.0 cm³/mol. The summed E-state index contributed by atoms with van der Waals surface area (Å²) in [6.45, 7) is 4.21. The maximum absolute atomic E-state index is 11.2. The van der Waals surface area contributed by atoms with Crippen LogP contribution in [-0.2, 0) is 0 Å². The van der Waals surface area contributed by atoms with Gasteiger partial charge in [0.2, 0.25) is 0 Å². The average molecular weight is 201 g/mol. The van der Waals surface area contributed by atoms with Gasteiger partial charge in [-0.05, 0) is 32.5 Å². The Balaban J connectivity index is 3.02. The molecular weight excluding hydrogens is 186 g/mol. The molecule has 0 aliphatic carbocycles. The van der Waals surface area contributed by atoms with Crippen LogP contribution in [0.15, 0.2) is 18.2 Å². The molecule has 0 saturated carbocycles. The molecule has 0 aliphatic heterocycles. The number of hydrogen-bond donors (Lipinski definition) is 1. The zero-order valence-electron chi connectivity index (χ0n) is 9.35. The van der Waals surface area contributed by atoms with Gasteiger partial charge in [-0.25, -0.2) is 0 Å². The van der Waals surface area contributed by atoms with Gasteiger partial charge in [-0.2, -0.15) is 0 Å². The number of benzene rings is 1. The van der Waals surface area contributed by atoms with Gasteiger partial charge in [0.15, 0.2) is 5.78 Å². The highest BCUT2D eigenvalue weighted by molar-refractivity contribution is 5.94. The lowest BCUT2D eigenvalue weighted by molar-refractivity contribution is 0.101. The summed E-state index contributed by atoms with van der Waals surface area (Å²) in [5.74, 6) is 6.11. The van der Waals surface area contributed by atoms with Crippen LogP contribution in [0.25, 0.3) is 0 Å². The summed E-state index contributed by atoms with van der Waals surface area (Å²) in [5, 5.41) is 2.95. The first kappa shape index (κ1) is 11.5. The highest BCUT2D eigenvalue weighted by atomic mass is 16.1. The van der Waals surface area contributed by atoms with Crippen molar-refractivity contribution in [2.45, 2.75) is 13.8 Å². The number of ketones is 1. The van der Waals surface area contributed by atoms with Crippen LogP contribution in [0.2, 0.25) is 0 Å². The smallest absolute Gasteiger partial charge is 0.159 e. The molecule has 78 valence electrons. The molecule has 0 unspecified atom stereocenters. The Morgan fingerprint density at radius 1 is 1.47 bits per heavy atom. The van der Waals surface area contributed by atoms with Gasteiger partial charge in [0.1, 0.15) is 0 Å². The van der Waals surface area contributed by atoms with Crippen molar-refractivity contribution >= 4 is 5.78 Å². The number of carbonyl (C=O) groups excluding carboxylic acids is 1. The highest BCUT2D eigenvalue weighted by Gasteiger charge is 2.01. The summed E-state index contributed by atoms with van der Waals surface area (Å²) < 4.78 is 0. The SMILES string of the molecule is CNCC#Cc1cc(C(C)=O)ccc1C. The van der Waals surface area contributed by atoms with E-state index in [2.05, 4.69) is 17.2 Å². The molecule has 1 aromatic rings. The standard InChI is InChI=1S/C13H15NO/c1-10-6-7-13(11(2)15)9-12(10)5-4-8-14-3/h6-7,9,14H,8H2,1-3H3. The molecule has 1 N–H and O–H groups in total. The van der Waals surface area contributed by atoms with E-state index in [-0.39, 0.29) is 5.78 Å². The van der Waals surface area contributed by atoms with E-state index in [0.29, 0.717) is 12.1 Å². The zero-order valence-corrected chi connectivity index (χ0v) is 9.35. The molecule has 0 spiro atoms. The summed E-state index contributed by atoms with van der Waals surface area (Å²) >= 11 is 0. The number of hydrogen-bond acceptors (Lipinski definition) is 2. The molecule has 15 heavy (non-hydrogen) atoms. The Hall–Kier alpha value is -1.59. The van der Waals surface area contributed by atoms with Crippen LogP contribution in [0, 0.1) is 18.8 Å². The average Bonchev–Trinajstić information content (AvgIpc) is 2.20. The Labute approximate surface area is 90.7 Å². The third-order valence-corrected chi connectivity index (χ3v) is 2.13. The van der Waals surface area contributed by atoms with Crippen LogP contribution in [0.1, 0.15) is 28.4 Å². The van der Waals surface area contributed by atoms with E-state index in [1.165, 1.54) is 0 Å². The third-order valence-electron chi connectivity index (χ3n) is 2.13. The maximum Gasteiger partial charge on any atom is 0.159 e. The fraction of sp³-hybridized carbons (Fsp3) is 0.308. The molecule has 0 aromatic heterocycles. The van der Waals surface area contributed by atoms with Crippen LogP contribution in [0.5, 0.6) is 0 Å². The van der Waals surface area contributed by atoms with E-state index in [1.54, 1.807) is 6.92 Å². The summed E-state index contributed by atoms with van der Waals surface area (Å²) in [4.78, 5) is 11.2. The first-order valence-electron chi connectivity index (χ1n) is 4.90. The minimum atomic E-state index is 0.0756. The van der Waals surface area contributed by atoms with Gasteiger partial charge in [0.05, 0.1) is 6.54 Å². The number of Topliss-reactive ketones (excluding diaryl/α,β-unsaturated/α-hetero) is 1. The van der Waals surface area contributed by atoms with Crippen LogP contribution < -0.4 is 5.32 Å². The van der Waals surface area contributed by atoms with Gasteiger partial charge in [0, 0.05) is 11.1 Å². The first-order chi connectivity index (χ1) is 7.15. The van der Waals surface area contributed by atoms with E-state index in [1.807, 2.05) is 32.2 Å². The lowest BCUT2D eigenvalue weighted by Gasteiger charge is -2.00. The van der Waals surface area contributed by atoms with Gasteiger partial charge >= 0.3 is 0 Å². The van der Waals surface area contributed by atoms with Crippen molar-refractivity contribution in [3.63, 3.8) is 0 Å². The zero-order chi connectivity index (χ0) is 11.3. The minimum Gasteiger partial charge on any atom is -0.309 e. The topological polar surface area (TPSA) is 29.1 Å². The van der Waals surface area contributed by atoms with Crippen molar-refractivity contribution in [2.75, 3.05) is 13.6 Å². The number of nitrogens with one attached hydrogen (secondary N) is 1. The van der Waals surface area contributed by atoms with Crippen molar-refractivity contribution in [3.8, 4) is 11.8 Å². The summed E-state index contributed by atoms with van der Waals surface area (Å²) in [7, 11) is 1.85. The van der Waals surface area contributed by atoms with E-state index in [9.17, 15) is 4.79 Å². The number of rotatable bonds is 2. The lowest BCUT2D eigenvalue weighted by atomic mass is 10.0. The van der Waals surface area contributed by atoms with E-state index >= 15 is 0 Å². The van der Waals surface area contributed by atoms with E-state index < -0.39 is 0 Å². The molecule has 2 nitrogen and oxygen atoms in total. The number of aryl methyl sites for hydroxylation is 1. The van der Waals surface area contributed by atoms with E-state index in [4.69, 9.17) is 0 Å². The molecule has 0 atom stereocenters. The Kier molecular flexibility index (Phi) is 4.08. The fourth-order valence-electron chi connectivity index (χ4n) is 1.20. The van der Waals surface area contributed by atoms with Gasteiger partial charge < -0.3 is 5.32 Å². The second kappa shape index (κ2) is 5.33. The highest BCUT2D eigenvalue weighted by Crippen LogP contribution is 2.10. The van der Waals surface area contributed by atoms with Gasteiger partial charge in [-0.1, -0.05) is 24.0 Å². The fourth-order valence-corrected chi connectivity index (χ4v) is 1.20. The quantitative estimate of drug-likeness (QED) is 0.583. The van der Waals surface area contributed by atoms with Crippen molar-refractivity contribution < 1.29 is 4.79 Å². The molecule has 2 heteroatoms. The molecule has 0 saturated heterocycles. The summed E-state index contributed by atoms with van der Waals surface area (Å²) in [6, 6.07) is 5.61. The minimum absolute atomic E-state index is 0.0756. The second-order valence-electron chi connectivity index (χ2n) is 3.42. The van der Waals surface area contributed by atoms with Gasteiger partial charge in [0.25, 0.3) is 0 Å². The van der Waals surface area contributed by atoms with Crippen molar-refractivity contribution in [3.05, 3.63) is 34.9 Å². The van der Waals surface area contributed by atoms with Crippen molar-refractivity contribution in [1.82, 2.24) is 5.32 Å². The molecule has 0 bridgehead atoms. The Morgan fingerprint density at radius 2 is 2.20 bits per heavy atom. The monoisotopic (exact) mass is 201 g/mol. The van der Waals surface area contributed by atoms with Crippen molar-refractivity contribution in [2.24, 2.45) is 0 Å². The molecule has 0 amide bonds. The summed E-state index contributed by atoms with van der Waals surface area (Å²) in [6.07, 6.45) is 0. The van der Waals surface area contributed by atoms with Crippen LogP contribution in [-0.4, -0.2) is 19.4 Å². The first-order valence-corrected chi connectivity index (χ1v) is 4.90. The molecule has 0 aliphatic rings.